The minimum atomic E-state index is 0.538. The molecule has 0 aromatic carbocycles. The van der Waals surface area contributed by atoms with Crippen LogP contribution in [0.15, 0.2) is 12.7 Å². The summed E-state index contributed by atoms with van der Waals surface area (Å²) in [6.45, 7) is 9.62. The van der Waals surface area contributed by atoms with E-state index in [1.807, 2.05) is 6.08 Å². The minimum absolute atomic E-state index is 0.538. The highest BCUT2D eigenvalue weighted by Crippen LogP contribution is 2.00. The molecule has 1 aliphatic heterocycles. The van der Waals surface area contributed by atoms with E-state index in [-0.39, 0.29) is 0 Å². The van der Waals surface area contributed by atoms with Crippen LogP contribution in [0.5, 0.6) is 0 Å². The molecule has 1 heterocycles. The zero-order chi connectivity index (χ0) is 9.52. The van der Waals surface area contributed by atoms with Gasteiger partial charge in [0.05, 0.1) is 13.2 Å². The molecule has 1 aliphatic rings. The Kier molecular flexibility index (Phi) is 5.05. The Morgan fingerprint density at radius 1 is 1.54 bits per heavy atom. The lowest BCUT2D eigenvalue weighted by molar-refractivity contribution is 0.00451. The third-order valence-electron chi connectivity index (χ3n) is 2.22. The predicted molar refractivity (Wildman–Crippen MR) is 54.4 cm³/mol. The summed E-state index contributed by atoms with van der Waals surface area (Å²) in [7, 11) is 0. The van der Waals surface area contributed by atoms with Gasteiger partial charge in [-0.15, -0.1) is 6.58 Å². The summed E-state index contributed by atoms with van der Waals surface area (Å²) in [6.07, 6.45) is 4.21. The fourth-order valence-corrected chi connectivity index (χ4v) is 1.44. The third kappa shape index (κ3) is 4.41. The predicted octanol–water partition coefficient (Wildman–Crippen LogP) is 1.18. The van der Waals surface area contributed by atoms with Gasteiger partial charge in [0.1, 0.15) is 0 Å². The Hall–Kier alpha value is -0.380. The van der Waals surface area contributed by atoms with Crippen molar-refractivity contribution in [3.63, 3.8) is 0 Å². The maximum absolute atomic E-state index is 5.26. The van der Waals surface area contributed by atoms with Crippen molar-refractivity contribution in [3.05, 3.63) is 12.7 Å². The Morgan fingerprint density at radius 2 is 2.23 bits per heavy atom. The molecule has 3 heteroatoms. The van der Waals surface area contributed by atoms with Crippen molar-refractivity contribution in [1.82, 2.24) is 10.4 Å². The molecular weight excluding hydrogens is 164 g/mol. The van der Waals surface area contributed by atoms with Gasteiger partial charge in [-0.05, 0) is 19.8 Å². The van der Waals surface area contributed by atoms with Crippen LogP contribution in [-0.4, -0.2) is 37.4 Å². The monoisotopic (exact) mass is 184 g/mol. The Bertz CT molecular complexity index is 144. The van der Waals surface area contributed by atoms with E-state index in [1.165, 1.54) is 0 Å². The van der Waals surface area contributed by atoms with Gasteiger partial charge in [0.15, 0.2) is 0 Å². The van der Waals surface area contributed by atoms with Crippen molar-refractivity contribution >= 4 is 0 Å². The molecule has 0 bridgehead atoms. The van der Waals surface area contributed by atoms with Crippen LogP contribution in [0, 0.1) is 0 Å². The molecule has 1 N–H and O–H groups in total. The van der Waals surface area contributed by atoms with E-state index < -0.39 is 0 Å². The maximum Gasteiger partial charge on any atom is 0.0608 e. The highest BCUT2D eigenvalue weighted by Gasteiger charge is 2.11. The normalized spacial score (nSPS) is 21.3. The van der Waals surface area contributed by atoms with Crippen LogP contribution < -0.4 is 5.43 Å². The minimum Gasteiger partial charge on any atom is -0.379 e. The van der Waals surface area contributed by atoms with E-state index in [2.05, 4.69) is 23.9 Å². The standard InChI is InChI=1S/C10H20N2O/c1-3-4-5-10(2)11-12-6-8-13-9-7-12/h3,10-11H,1,4-9H2,2H3. The first-order valence-corrected chi connectivity index (χ1v) is 5.02. The van der Waals surface area contributed by atoms with Crippen molar-refractivity contribution in [3.8, 4) is 0 Å². The number of nitrogens with zero attached hydrogens (tertiary/aromatic N) is 1. The molecule has 0 saturated carbocycles. The van der Waals surface area contributed by atoms with Gasteiger partial charge in [0.25, 0.3) is 0 Å². The average Bonchev–Trinajstić information content (AvgIpc) is 2.16. The first kappa shape index (κ1) is 10.7. The molecule has 0 amide bonds. The summed E-state index contributed by atoms with van der Waals surface area (Å²) in [5.41, 5.74) is 3.46. The summed E-state index contributed by atoms with van der Waals surface area (Å²) in [5.74, 6) is 0. The summed E-state index contributed by atoms with van der Waals surface area (Å²) in [4.78, 5) is 0. The van der Waals surface area contributed by atoms with Crippen molar-refractivity contribution in [2.75, 3.05) is 26.3 Å². The molecule has 76 valence electrons. The van der Waals surface area contributed by atoms with Gasteiger partial charge >= 0.3 is 0 Å². The molecule has 13 heavy (non-hydrogen) atoms. The van der Waals surface area contributed by atoms with Crippen molar-refractivity contribution in [1.29, 1.82) is 0 Å². The molecule has 0 aliphatic carbocycles. The smallest absolute Gasteiger partial charge is 0.0608 e. The lowest BCUT2D eigenvalue weighted by atomic mass is 10.2. The van der Waals surface area contributed by atoms with Gasteiger partial charge in [-0.2, -0.15) is 0 Å². The van der Waals surface area contributed by atoms with Gasteiger partial charge in [-0.1, -0.05) is 6.08 Å². The Morgan fingerprint density at radius 3 is 2.85 bits per heavy atom. The zero-order valence-corrected chi connectivity index (χ0v) is 8.46. The molecule has 1 rings (SSSR count). The van der Waals surface area contributed by atoms with Crippen molar-refractivity contribution < 1.29 is 4.74 Å². The average molecular weight is 184 g/mol. The molecule has 0 aromatic rings. The Labute approximate surface area is 80.7 Å². The van der Waals surface area contributed by atoms with Gasteiger partial charge in [-0.3, -0.25) is 5.43 Å². The van der Waals surface area contributed by atoms with Gasteiger partial charge in [-0.25, -0.2) is 5.01 Å². The molecule has 0 spiro atoms. The highest BCUT2D eigenvalue weighted by atomic mass is 16.5. The lowest BCUT2D eigenvalue weighted by Gasteiger charge is -2.30. The second kappa shape index (κ2) is 6.13. The summed E-state index contributed by atoms with van der Waals surface area (Å²) >= 11 is 0. The molecule has 3 nitrogen and oxygen atoms in total. The molecular formula is C10H20N2O. The van der Waals surface area contributed by atoms with Crippen molar-refractivity contribution in [2.45, 2.75) is 25.8 Å². The number of rotatable bonds is 5. The largest absolute Gasteiger partial charge is 0.379 e. The Balaban J connectivity index is 2.10. The van der Waals surface area contributed by atoms with Gasteiger partial charge in [0.2, 0.25) is 0 Å². The third-order valence-corrected chi connectivity index (χ3v) is 2.22. The first-order valence-electron chi connectivity index (χ1n) is 5.02. The van der Waals surface area contributed by atoms with Gasteiger partial charge < -0.3 is 4.74 Å². The van der Waals surface area contributed by atoms with Crippen LogP contribution in [0.2, 0.25) is 0 Å². The fourth-order valence-electron chi connectivity index (χ4n) is 1.44. The van der Waals surface area contributed by atoms with Crippen LogP contribution in [0.1, 0.15) is 19.8 Å². The number of hydrogen-bond donors (Lipinski definition) is 1. The van der Waals surface area contributed by atoms with Crippen LogP contribution in [-0.2, 0) is 4.74 Å². The summed E-state index contributed by atoms with van der Waals surface area (Å²) < 4.78 is 5.26. The summed E-state index contributed by atoms with van der Waals surface area (Å²) in [6, 6.07) is 0.538. The second-order valence-corrected chi connectivity index (χ2v) is 3.50. The van der Waals surface area contributed by atoms with Crippen LogP contribution >= 0.6 is 0 Å². The highest BCUT2D eigenvalue weighted by molar-refractivity contribution is 4.71. The number of hydrogen-bond acceptors (Lipinski definition) is 3. The van der Waals surface area contributed by atoms with Gasteiger partial charge in [0, 0.05) is 19.1 Å². The van der Waals surface area contributed by atoms with Crippen molar-refractivity contribution in [2.24, 2.45) is 0 Å². The zero-order valence-electron chi connectivity index (χ0n) is 8.46. The van der Waals surface area contributed by atoms with E-state index in [9.17, 15) is 0 Å². The number of nitrogens with one attached hydrogen (secondary N) is 1. The maximum atomic E-state index is 5.26. The van der Waals surface area contributed by atoms with E-state index in [0.717, 1.165) is 39.1 Å². The second-order valence-electron chi connectivity index (χ2n) is 3.50. The number of allylic oxidation sites excluding steroid dienone is 1. The van der Waals surface area contributed by atoms with E-state index in [0.29, 0.717) is 6.04 Å². The molecule has 1 fully saturated rings. The van der Waals surface area contributed by atoms with E-state index in [4.69, 9.17) is 4.74 Å². The molecule has 1 unspecified atom stereocenters. The fraction of sp³-hybridized carbons (Fsp3) is 0.800. The quantitative estimate of drug-likeness (QED) is 0.649. The van der Waals surface area contributed by atoms with Crippen LogP contribution in [0.25, 0.3) is 0 Å². The van der Waals surface area contributed by atoms with Crippen LogP contribution in [0.4, 0.5) is 0 Å². The molecule has 1 atom stereocenters. The van der Waals surface area contributed by atoms with E-state index in [1.54, 1.807) is 0 Å². The lowest BCUT2D eigenvalue weighted by Crippen LogP contribution is -2.49. The number of hydrazine groups is 1. The topological polar surface area (TPSA) is 24.5 Å². The molecule has 1 saturated heterocycles. The molecule has 0 radical (unpaired) electrons. The first-order chi connectivity index (χ1) is 6.33. The summed E-state index contributed by atoms with van der Waals surface area (Å²) in [5, 5.41) is 2.25. The molecule has 0 aromatic heterocycles. The van der Waals surface area contributed by atoms with Crippen LogP contribution in [0.3, 0.4) is 0 Å². The SMILES string of the molecule is C=CCCC(C)NN1CCOCC1. The number of ether oxygens (including phenoxy) is 1. The number of morpholine rings is 1. The van der Waals surface area contributed by atoms with E-state index >= 15 is 0 Å².